The van der Waals surface area contributed by atoms with Gasteiger partial charge in [0.1, 0.15) is 0 Å². The minimum atomic E-state index is 0.872. The Balaban J connectivity index is 1.35. The Bertz CT molecular complexity index is 221. The minimum Gasteiger partial charge on any atom is -0.313 e. The Hall–Kier alpha value is -0.120. The molecular weight excluding hydrogens is 198 g/mol. The molecule has 2 saturated heterocycles. The SMILES string of the molecule is C1CCN(C2CCN(CCNC3CC3)C2)C1. The Morgan fingerprint density at radius 3 is 2.56 bits per heavy atom. The molecule has 0 aromatic heterocycles. The van der Waals surface area contributed by atoms with Gasteiger partial charge in [-0.2, -0.15) is 0 Å². The van der Waals surface area contributed by atoms with E-state index in [4.69, 9.17) is 0 Å². The first-order valence-electron chi connectivity index (χ1n) is 7.11. The second-order valence-corrected chi connectivity index (χ2v) is 5.71. The molecule has 3 rings (SSSR count). The third kappa shape index (κ3) is 2.76. The smallest absolute Gasteiger partial charge is 0.0235 e. The highest BCUT2D eigenvalue weighted by molar-refractivity contribution is 4.86. The van der Waals surface area contributed by atoms with Gasteiger partial charge in [0, 0.05) is 31.7 Å². The largest absolute Gasteiger partial charge is 0.313 e. The van der Waals surface area contributed by atoms with Gasteiger partial charge < -0.3 is 10.2 Å². The number of rotatable bonds is 5. The van der Waals surface area contributed by atoms with E-state index in [2.05, 4.69) is 15.1 Å². The van der Waals surface area contributed by atoms with Crippen LogP contribution < -0.4 is 5.32 Å². The predicted octanol–water partition coefficient (Wildman–Crippen LogP) is 0.908. The quantitative estimate of drug-likeness (QED) is 0.747. The van der Waals surface area contributed by atoms with Crippen LogP contribution in [0.25, 0.3) is 0 Å². The summed E-state index contributed by atoms with van der Waals surface area (Å²) in [7, 11) is 0. The van der Waals surface area contributed by atoms with Crippen LogP contribution in [0.15, 0.2) is 0 Å². The topological polar surface area (TPSA) is 18.5 Å². The van der Waals surface area contributed by atoms with Gasteiger partial charge in [-0.3, -0.25) is 4.90 Å². The molecular formula is C13H25N3. The molecule has 0 radical (unpaired) electrons. The van der Waals surface area contributed by atoms with Crippen LogP contribution in [-0.4, -0.2) is 61.2 Å². The minimum absolute atomic E-state index is 0.872. The van der Waals surface area contributed by atoms with E-state index in [1.807, 2.05) is 0 Å². The number of hydrogen-bond acceptors (Lipinski definition) is 3. The Morgan fingerprint density at radius 1 is 1.00 bits per heavy atom. The number of likely N-dealkylation sites (tertiary alicyclic amines) is 2. The summed E-state index contributed by atoms with van der Waals surface area (Å²) < 4.78 is 0. The Morgan fingerprint density at radius 2 is 1.81 bits per heavy atom. The van der Waals surface area contributed by atoms with Crippen molar-refractivity contribution in [2.75, 3.05) is 39.3 Å². The van der Waals surface area contributed by atoms with Gasteiger partial charge in [0.05, 0.1) is 0 Å². The molecule has 2 heterocycles. The molecule has 2 aliphatic heterocycles. The number of hydrogen-bond donors (Lipinski definition) is 1. The number of nitrogens with zero attached hydrogens (tertiary/aromatic N) is 2. The monoisotopic (exact) mass is 223 g/mol. The van der Waals surface area contributed by atoms with E-state index in [0.29, 0.717) is 0 Å². The summed E-state index contributed by atoms with van der Waals surface area (Å²) in [4.78, 5) is 5.37. The number of nitrogens with one attached hydrogen (secondary N) is 1. The van der Waals surface area contributed by atoms with Crippen molar-refractivity contribution in [3.05, 3.63) is 0 Å². The van der Waals surface area contributed by atoms with Gasteiger partial charge in [0.25, 0.3) is 0 Å². The van der Waals surface area contributed by atoms with E-state index in [-0.39, 0.29) is 0 Å². The molecule has 3 aliphatic rings. The van der Waals surface area contributed by atoms with Crippen molar-refractivity contribution in [2.45, 2.75) is 44.2 Å². The summed E-state index contributed by atoms with van der Waals surface area (Å²) in [5.41, 5.74) is 0. The average molecular weight is 223 g/mol. The lowest BCUT2D eigenvalue weighted by Crippen LogP contribution is -2.37. The third-order valence-corrected chi connectivity index (χ3v) is 4.34. The lowest BCUT2D eigenvalue weighted by molar-refractivity contribution is 0.232. The molecule has 1 N–H and O–H groups in total. The summed E-state index contributed by atoms with van der Waals surface area (Å²) in [6, 6.07) is 1.75. The van der Waals surface area contributed by atoms with Crippen LogP contribution in [0.3, 0.4) is 0 Å². The van der Waals surface area contributed by atoms with E-state index >= 15 is 0 Å². The van der Waals surface area contributed by atoms with Gasteiger partial charge in [-0.15, -0.1) is 0 Å². The van der Waals surface area contributed by atoms with Crippen LogP contribution >= 0.6 is 0 Å². The van der Waals surface area contributed by atoms with Crippen LogP contribution in [0, 0.1) is 0 Å². The van der Waals surface area contributed by atoms with Crippen molar-refractivity contribution in [1.29, 1.82) is 0 Å². The van der Waals surface area contributed by atoms with Gasteiger partial charge >= 0.3 is 0 Å². The highest BCUT2D eigenvalue weighted by Gasteiger charge is 2.29. The van der Waals surface area contributed by atoms with Gasteiger partial charge in [-0.25, -0.2) is 0 Å². The van der Waals surface area contributed by atoms with Crippen LogP contribution in [0.5, 0.6) is 0 Å². The zero-order chi connectivity index (χ0) is 10.8. The summed E-state index contributed by atoms with van der Waals surface area (Å²) in [5, 5.41) is 3.61. The maximum absolute atomic E-state index is 3.61. The highest BCUT2D eigenvalue weighted by Crippen LogP contribution is 2.20. The summed E-state index contributed by atoms with van der Waals surface area (Å²) in [6.45, 7) is 7.84. The molecule has 16 heavy (non-hydrogen) atoms. The predicted molar refractivity (Wildman–Crippen MR) is 66.7 cm³/mol. The molecule has 1 aliphatic carbocycles. The van der Waals surface area contributed by atoms with Gasteiger partial charge in [0.2, 0.25) is 0 Å². The van der Waals surface area contributed by atoms with Crippen LogP contribution in [0.1, 0.15) is 32.1 Å². The van der Waals surface area contributed by atoms with E-state index in [1.54, 1.807) is 0 Å². The van der Waals surface area contributed by atoms with E-state index in [0.717, 1.165) is 12.1 Å². The molecule has 1 atom stereocenters. The first-order valence-corrected chi connectivity index (χ1v) is 7.11. The van der Waals surface area contributed by atoms with Crippen molar-refractivity contribution in [3.8, 4) is 0 Å². The van der Waals surface area contributed by atoms with Gasteiger partial charge in [0.15, 0.2) is 0 Å². The molecule has 3 nitrogen and oxygen atoms in total. The van der Waals surface area contributed by atoms with Crippen molar-refractivity contribution in [1.82, 2.24) is 15.1 Å². The fraction of sp³-hybridized carbons (Fsp3) is 1.00. The maximum atomic E-state index is 3.61. The normalized spacial score (nSPS) is 32.6. The van der Waals surface area contributed by atoms with Crippen molar-refractivity contribution < 1.29 is 0 Å². The highest BCUT2D eigenvalue weighted by atomic mass is 15.3. The van der Waals surface area contributed by atoms with E-state index in [1.165, 1.54) is 71.4 Å². The molecule has 0 amide bonds. The van der Waals surface area contributed by atoms with E-state index < -0.39 is 0 Å². The molecule has 1 unspecified atom stereocenters. The molecule has 3 fully saturated rings. The molecule has 0 aromatic carbocycles. The van der Waals surface area contributed by atoms with Crippen molar-refractivity contribution >= 4 is 0 Å². The van der Waals surface area contributed by atoms with Crippen LogP contribution in [0.4, 0.5) is 0 Å². The average Bonchev–Trinajstić information content (AvgIpc) is 2.83. The van der Waals surface area contributed by atoms with E-state index in [9.17, 15) is 0 Å². The maximum Gasteiger partial charge on any atom is 0.0235 e. The van der Waals surface area contributed by atoms with Crippen molar-refractivity contribution in [3.63, 3.8) is 0 Å². The molecule has 0 aromatic rings. The van der Waals surface area contributed by atoms with Gasteiger partial charge in [-0.1, -0.05) is 0 Å². The van der Waals surface area contributed by atoms with Crippen LogP contribution in [-0.2, 0) is 0 Å². The molecule has 0 bridgehead atoms. The fourth-order valence-electron chi connectivity index (χ4n) is 3.13. The summed E-state index contributed by atoms with van der Waals surface area (Å²) in [5.74, 6) is 0. The first-order chi connectivity index (χ1) is 7.92. The Kier molecular flexibility index (Phi) is 3.46. The Labute approximate surface area is 99.2 Å². The zero-order valence-corrected chi connectivity index (χ0v) is 10.3. The van der Waals surface area contributed by atoms with Gasteiger partial charge in [-0.05, 0) is 51.7 Å². The lowest BCUT2D eigenvalue weighted by atomic mass is 10.2. The third-order valence-electron chi connectivity index (χ3n) is 4.34. The fourth-order valence-corrected chi connectivity index (χ4v) is 3.13. The molecule has 0 spiro atoms. The summed E-state index contributed by atoms with van der Waals surface area (Å²) in [6.07, 6.45) is 7.09. The summed E-state index contributed by atoms with van der Waals surface area (Å²) >= 11 is 0. The first kappa shape index (κ1) is 11.0. The standard InChI is InChI=1S/C13H25N3/c1-2-8-16(7-1)13-5-9-15(11-13)10-6-14-12-3-4-12/h12-14H,1-11H2. The molecule has 1 saturated carbocycles. The second kappa shape index (κ2) is 5.03. The zero-order valence-electron chi connectivity index (χ0n) is 10.3. The lowest BCUT2D eigenvalue weighted by Gasteiger charge is -2.23. The molecule has 92 valence electrons. The van der Waals surface area contributed by atoms with Crippen molar-refractivity contribution in [2.24, 2.45) is 0 Å². The second-order valence-electron chi connectivity index (χ2n) is 5.71. The van der Waals surface area contributed by atoms with Crippen LogP contribution in [0.2, 0.25) is 0 Å². The molecule has 3 heteroatoms.